The van der Waals surface area contributed by atoms with Crippen LogP contribution in [-0.2, 0) is 0 Å². The van der Waals surface area contributed by atoms with Gasteiger partial charge in [0.05, 0.1) is 0 Å². The molecule has 15 heavy (non-hydrogen) atoms. The Hall–Kier alpha value is 0.310. The predicted molar refractivity (Wildman–Crippen MR) is 73.9 cm³/mol. The minimum absolute atomic E-state index is 1.00. The third-order valence-electron chi connectivity index (χ3n) is 2.72. The van der Waals surface area contributed by atoms with E-state index in [1.165, 1.54) is 64.3 Å². The van der Waals surface area contributed by atoms with Gasteiger partial charge >= 0.3 is 0 Å². The van der Waals surface area contributed by atoms with E-state index >= 15 is 0 Å². The summed E-state index contributed by atoms with van der Waals surface area (Å²) in [4.78, 5) is 0. The zero-order chi connectivity index (χ0) is 11.2. The molecule has 0 radical (unpaired) electrons. The highest BCUT2D eigenvalue weighted by Crippen LogP contribution is 2.07. The van der Waals surface area contributed by atoms with Crippen LogP contribution >= 0.6 is 12.6 Å². The highest BCUT2D eigenvalue weighted by molar-refractivity contribution is 7.80. The van der Waals surface area contributed by atoms with Crippen molar-refractivity contribution in [1.29, 1.82) is 0 Å². The predicted octanol–water partition coefficient (Wildman–Crippen LogP) is 4.04. The van der Waals surface area contributed by atoms with Crippen molar-refractivity contribution in [2.45, 2.75) is 64.7 Å². The summed E-state index contributed by atoms with van der Waals surface area (Å²) >= 11 is 4.18. The molecule has 0 aliphatic carbocycles. The lowest BCUT2D eigenvalue weighted by Crippen LogP contribution is -2.16. The normalized spacial score (nSPS) is 10.8. The molecule has 0 spiro atoms. The van der Waals surface area contributed by atoms with E-state index < -0.39 is 0 Å². The van der Waals surface area contributed by atoms with Crippen LogP contribution in [0.4, 0.5) is 0 Å². The molecule has 0 aromatic heterocycles. The van der Waals surface area contributed by atoms with Crippen molar-refractivity contribution in [3.05, 3.63) is 0 Å². The molecule has 2 heteroatoms. The van der Waals surface area contributed by atoms with Crippen LogP contribution in [0, 0.1) is 0 Å². The van der Waals surface area contributed by atoms with Crippen LogP contribution in [0.25, 0.3) is 0 Å². The van der Waals surface area contributed by atoms with Crippen LogP contribution in [0.2, 0.25) is 0 Å². The summed E-state index contributed by atoms with van der Waals surface area (Å²) < 4.78 is 0. The molecule has 0 atom stereocenters. The van der Waals surface area contributed by atoms with Crippen molar-refractivity contribution in [2.75, 3.05) is 18.8 Å². The van der Waals surface area contributed by atoms with Gasteiger partial charge in [-0.15, -0.1) is 0 Å². The number of hydrogen-bond acceptors (Lipinski definition) is 2. The summed E-state index contributed by atoms with van der Waals surface area (Å²) in [5.41, 5.74) is 0. The first-order valence-corrected chi connectivity index (χ1v) is 7.36. The summed E-state index contributed by atoms with van der Waals surface area (Å²) in [5.74, 6) is 1.00. The second-order valence-electron chi connectivity index (χ2n) is 4.30. The fourth-order valence-electron chi connectivity index (χ4n) is 1.71. The van der Waals surface area contributed by atoms with Crippen molar-refractivity contribution in [1.82, 2.24) is 5.32 Å². The maximum atomic E-state index is 4.18. The molecule has 0 saturated carbocycles. The SMILES string of the molecule is CCCCCCCCCCNCCCS. The molecule has 1 nitrogen and oxygen atoms in total. The van der Waals surface area contributed by atoms with Crippen molar-refractivity contribution < 1.29 is 0 Å². The molecule has 0 aromatic rings. The standard InChI is InChI=1S/C13H29NS/c1-2-3-4-5-6-7-8-9-11-14-12-10-13-15/h14-15H,2-13H2,1H3. The van der Waals surface area contributed by atoms with Crippen LogP contribution < -0.4 is 5.32 Å². The van der Waals surface area contributed by atoms with Crippen molar-refractivity contribution in [3.63, 3.8) is 0 Å². The van der Waals surface area contributed by atoms with Gasteiger partial charge in [0.1, 0.15) is 0 Å². The minimum Gasteiger partial charge on any atom is -0.317 e. The van der Waals surface area contributed by atoms with Crippen molar-refractivity contribution in [2.24, 2.45) is 0 Å². The molecule has 0 fully saturated rings. The van der Waals surface area contributed by atoms with Crippen LogP contribution in [-0.4, -0.2) is 18.8 Å². The Balaban J connectivity index is 2.81. The van der Waals surface area contributed by atoms with Crippen LogP contribution in [0.15, 0.2) is 0 Å². The summed E-state index contributed by atoms with van der Waals surface area (Å²) in [6.45, 7) is 4.61. The van der Waals surface area contributed by atoms with E-state index in [4.69, 9.17) is 0 Å². The van der Waals surface area contributed by atoms with E-state index in [9.17, 15) is 0 Å². The average molecular weight is 231 g/mol. The van der Waals surface area contributed by atoms with Gasteiger partial charge in [0, 0.05) is 0 Å². The molecule has 0 aliphatic rings. The molecule has 0 unspecified atom stereocenters. The van der Waals surface area contributed by atoms with Gasteiger partial charge in [0.15, 0.2) is 0 Å². The van der Waals surface area contributed by atoms with E-state index in [0.717, 1.165) is 12.3 Å². The maximum Gasteiger partial charge on any atom is -0.00411 e. The second kappa shape index (κ2) is 14.3. The molecule has 0 aliphatic heterocycles. The first-order valence-electron chi connectivity index (χ1n) is 6.73. The fourth-order valence-corrected chi connectivity index (χ4v) is 1.87. The monoisotopic (exact) mass is 231 g/mol. The van der Waals surface area contributed by atoms with Crippen molar-refractivity contribution in [3.8, 4) is 0 Å². The van der Waals surface area contributed by atoms with E-state index in [1.807, 2.05) is 0 Å². The van der Waals surface area contributed by atoms with Gasteiger partial charge in [-0.25, -0.2) is 0 Å². The van der Waals surface area contributed by atoms with Gasteiger partial charge in [0.25, 0.3) is 0 Å². The Labute approximate surface area is 102 Å². The van der Waals surface area contributed by atoms with Gasteiger partial charge in [-0.1, -0.05) is 51.9 Å². The number of nitrogens with one attached hydrogen (secondary N) is 1. The van der Waals surface area contributed by atoms with Gasteiger partial charge in [0.2, 0.25) is 0 Å². The molecule has 0 saturated heterocycles. The molecule has 0 amide bonds. The van der Waals surface area contributed by atoms with Crippen LogP contribution in [0.1, 0.15) is 64.7 Å². The Morgan fingerprint density at radius 2 is 1.27 bits per heavy atom. The van der Waals surface area contributed by atoms with E-state index in [1.54, 1.807) is 0 Å². The lowest BCUT2D eigenvalue weighted by Gasteiger charge is -2.03. The number of hydrogen-bond donors (Lipinski definition) is 2. The molecular weight excluding hydrogens is 202 g/mol. The summed E-state index contributed by atoms with van der Waals surface area (Å²) in [7, 11) is 0. The third-order valence-corrected chi connectivity index (χ3v) is 3.04. The van der Waals surface area contributed by atoms with Gasteiger partial charge < -0.3 is 5.32 Å². The van der Waals surface area contributed by atoms with Crippen LogP contribution in [0.3, 0.4) is 0 Å². The Bertz CT molecular complexity index is 94.7. The van der Waals surface area contributed by atoms with Gasteiger partial charge in [-0.3, -0.25) is 0 Å². The molecule has 0 aromatic carbocycles. The molecule has 1 N–H and O–H groups in total. The minimum atomic E-state index is 1.00. The first-order chi connectivity index (χ1) is 7.41. The quantitative estimate of drug-likeness (QED) is 0.382. The average Bonchev–Trinajstić information content (AvgIpc) is 2.26. The smallest absolute Gasteiger partial charge is 0.00411 e. The largest absolute Gasteiger partial charge is 0.317 e. The number of rotatable bonds is 12. The molecule has 0 heterocycles. The van der Waals surface area contributed by atoms with E-state index in [-0.39, 0.29) is 0 Å². The van der Waals surface area contributed by atoms with Gasteiger partial charge in [-0.2, -0.15) is 12.6 Å². The first kappa shape index (κ1) is 15.3. The molecular formula is C13H29NS. The lowest BCUT2D eigenvalue weighted by atomic mass is 10.1. The number of thiol groups is 1. The molecule has 92 valence electrons. The summed E-state index contributed by atoms with van der Waals surface area (Å²) in [6.07, 6.45) is 12.5. The van der Waals surface area contributed by atoms with Crippen LogP contribution in [0.5, 0.6) is 0 Å². The number of unbranched alkanes of at least 4 members (excludes halogenated alkanes) is 7. The van der Waals surface area contributed by atoms with Gasteiger partial charge in [-0.05, 0) is 31.7 Å². The van der Waals surface area contributed by atoms with Crippen molar-refractivity contribution >= 4 is 12.6 Å². The molecule has 0 bridgehead atoms. The summed E-state index contributed by atoms with van der Waals surface area (Å²) in [5, 5.41) is 3.45. The second-order valence-corrected chi connectivity index (χ2v) is 4.75. The lowest BCUT2D eigenvalue weighted by molar-refractivity contribution is 0.555. The summed E-state index contributed by atoms with van der Waals surface area (Å²) in [6, 6.07) is 0. The Morgan fingerprint density at radius 3 is 1.87 bits per heavy atom. The van der Waals surface area contributed by atoms with E-state index in [0.29, 0.717) is 0 Å². The Morgan fingerprint density at radius 1 is 0.733 bits per heavy atom. The zero-order valence-corrected chi connectivity index (χ0v) is 11.3. The highest BCUT2D eigenvalue weighted by Gasteiger charge is 1.91. The highest BCUT2D eigenvalue weighted by atomic mass is 32.1. The zero-order valence-electron chi connectivity index (χ0n) is 10.4. The fraction of sp³-hybridized carbons (Fsp3) is 1.00. The topological polar surface area (TPSA) is 12.0 Å². The Kier molecular flexibility index (Phi) is 14.6. The van der Waals surface area contributed by atoms with E-state index in [2.05, 4.69) is 24.9 Å². The third kappa shape index (κ3) is 14.3. The maximum absolute atomic E-state index is 4.18. The molecule has 0 rings (SSSR count).